The first-order valence-electron chi connectivity index (χ1n) is 6.59. The molecule has 1 aromatic carbocycles. The van der Waals surface area contributed by atoms with Crippen molar-refractivity contribution in [3.63, 3.8) is 0 Å². The lowest BCUT2D eigenvalue weighted by atomic mass is 9.98. The van der Waals surface area contributed by atoms with Crippen molar-refractivity contribution in [3.05, 3.63) is 53.7 Å². The van der Waals surface area contributed by atoms with Gasteiger partial charge in [-0.1, -0.05) is 37.3 Å². The predicted molar refractivity (Wildman–Crippen MR) is 78.5 cm³/mol. The molecule has 0 fully saturated rings. The van der Waals surface area contributed by atoms with Gasteiger partial charge in [-0.05, 0) is 30.0 Å². The summed E-state index contributed by atoms with van der Waals surface area (Å²) in [7, 11) is 0. The smallest absolute Gasteiger partial charge is 0.269 e. The van der Waals surface area contributed by atoms with Crippen molar-refractivity contribution >= 4 is 11.7 Å². The Balaban J connectivity index is 1.82. The van der Waals surface area contributed by atoms with Gasteiger partial charge in [-0.15, -0.1) is 10.2 Å². The fraction of sp³-hybridized carbons (Fsp3) is 0.267. The van der Waals surface area contributed by atoms with Crippen LogP contribution in [0.3, 0.4) is 0 Å². The number of nitrogens with zero attached hydrogens (tertiary/aromatic N) is 2. The molecule has 20 heavy (non-hydrogen) atoms. The number of aromatic nitrogens is 2. The number of benzene rings is 1. The molecule has 1 aromatic heterocycles. The molecule has 2 rings (SSSR count). The van der Waals surface area contributed by atoms with Gasteiger partial charge in [-0.2, -0.15) is 0 Å². The Morgan fingerprint density at radius 3 is 2.55 bits per heavy atom. The minimum absolute atomic E-state index is 0.174. The van der Waals surface area contributed by atoms with Crippen LogP contribution in [0.2, 0.25) is 0 Å². The van der Waals surface area contributed by atoms with Crippen LogP contribution in [0.15, 0.2) is 42.5 Å². The second-order valence-electron chi connectivity index (χ2n) is 4.70. The van der Waals surface area contributed by atoms with E-state index < -0.39 is 5.91 Å². The van der Waals surface area contributed by atoms with Crippen LogP contribution in [0.4, 0.5) is 5.82 Å². The van der Waals surface area contributed by atoms with Crippen molar-refractivity contribution < 1.29 is 4.79 Å². The molecule has 1 heterocycles. The summed E-state index contributed by atoms with van der Waals surface area (Å²) in [6.07, 6.45) is 0.989. The Labute approximate surface area is 118 Å². The molecule has 0 saturated heterocycles. The number of primary amides is 1. The van der Waals surface area contributed by atoms with Gasteiger partial charge < -0.3 is 11.1 Å². The van der Waals surface area contributed by atoms with E-state index in [9.17, 15) is 4.79 Å². The molecule has 1 unspecified atom stereocenters. The van der Waals surface area contributed by atoms with E-state index >= 15 is 0 Å². The summed E-state index contributed by atoms with van der Waals surface area (Å²) in [5.74, 6) is 0.554. The summed E-state index contributed by atoms with van der Waals surface area (Å²) in [5.41, 5.74) is 6.60. The predicted octanol–water partition coefficient (Wildman–Crippen LogP) is 2.18. The molecule has 0 saturated carbocycles. The van der Waals surface area contributed by atoms with E-state index in [0.717, 1.165) is 13.0 Å². The zero-order valence-corrected chi connectivity index (χ0v) is 11.4. The Hall–Kier alpha value is -2.43. The maximum absolute atomic E-state index is 10.9. The van der Waals surface area contributed by atoms with Gasteiger partial charge >= 0.3 is 0 Å². The number of hydrogen-bond donors (Lipinski definition) is 2. The fourth-order valence-electron chi connectivity index (χ4n) is 1.92. The van der Waals surface area contributed by atoms with E-state index in [-0.39, 0.29) is 5.69 Å². The highest BCUT2D eigenvalue weighted by molar-refractivity contribution is 5.90. The Morgan fingerprint density at radius 1 is 1.20 bits per heavy atom. The molecule has 0 radical (unpaired) electrons. The van der Waals surface area contributed by atoms with Crippen LogP contribution in [0.5, 0.6) is 0 Å². The molecule has 0 bridgehead atoms. The number of hydrogen-bond acceptors (Lipinski definition) is 4. The fourth-order valence-corrected chi connectivity index (χ4v) is 1.92. The highest BCUT2D eigenvalue weighted by Crippen LogP contribution is 2.18. The van der Waals surface area contributed by atoms with E-state index in [2.05, 4.69) is 34.6 Å². The molecule has 5 heteroatoms. The summed E-state index contributed by atoms with van der Waals surface area (Å²) < 4.78 is 0. The van der Waals surface area contributed by atoms with Crippen LogP contribution in [0, 0.1) is 0 Å². The second-order valence-corrected chi connectivity index (χ2v) is 4.70. The van der Waals surface area contributed by atoms with Gasteiger partial charge in [0, 0.05) is 6.54 Å². The van der Waals surface area contributed by atoms with Crippen LogP contribution in [-0.2, 0) is 0 Å². The standard InChI is InChI=1S/C15H18N4O/c1-11(12-5-3-2-4-6-12)9-10-17-14-8-7-13(15(16)20)18-19-14/h2-8,11H,9-10H2,1H3,(H2,16,20)(H,17,19). The quantitative estimate of drug-likeness (QED) is 0.843. The Kier molecular flexibility index (Phi) is 4.65. The topological polar surface area (TPSA) is 80.9 Å². The van der Waals surface area contributed by atoms with Gasteiger partial charge in [-0.3, -0.25) is 4.79 Å². The molecule has 0 aliphatic carbocycles. The molecule has 0 spiro atoms. The summed E-state index contributed by atoms with van der Waals surface area (Å²) >= 11 is 0. The first kappa shape index (κ1) is 14.0. The molecular weight excluding hydrogens is 252 g/mol. The third kappa shape index (κ3) is 3.78. The first-order chi connectivity index (χ1) is 9.66. The van der Waals surface area contributed by atoms with E-state index in [1.807, 2.05) is 18.2 Å². The lowest BCUT2D eigenvalue weighted by Crippen LogP contribution is -2.14. The van der Waals surface area contributed by atoms with E-state index in [0.29, 0.717) is 11.7 Å². The summed E-state index contributed by atoms with van der Waals surface area (Å²) in [5, 5.41) is 10.8. The van der Waals surface area contributed by atoms with Crippen LogP contribution >= 0.6 is 0 Å². The highest BCUT2D eigenvalue weighted by atomic mass is 16.1. The van der Waals surface area contributed by atoms with Gasteiger partial charge in [0.1, 0.15) is 5.82 Å². The lowest BCUT2D eigenvalue weighted by molar-refractivity contribution is 0.0994. The SMILES string of the molecule is CC(CCNc1ccc(C(N)=O)nn1)c1ccccc1. The number of nitrogens with one attached hydrogen (secondary N) is 1. The van der Waals surface area contributed by atoms with Crippen molar-refractivity contribution in [2.75, 3.05) is 11.9 Å². The molecule has 1 amide bonds. The van der Waals surface area contributed by atoms with Crippen LogP contribution in [-0.4, -0.2) is 22.6 Å². The number of anilines is 1. The third-order valence-corrected chi connectivity index (χ3v) is 3.17. The molecule has 104 valence electrons. The average Bonchev–Trinajstić information content (AvgIpc) is 2.48. The van der Waals surface area contributed by atoms with Gasteiger partial charge in [0.2, 0.25) is 0 Å². The van der Waals surface area contributed by atoms with Crippen molar-refractivity contribution in [3.8, 4) is 0 Å². The van der Waals surface area contributed by atoms with Crippen molar-refractivity contribution in [2.24, 2.45) is 5.73 Å². The normalized spacial score (nSPS) is 11.8. The van der Waals surface area contributed by atoms with E-state index in [4.69, 9.17) is 5.73 Å². The molecule has 5 nitrogen and oxygen atoms in total. The third-order valence-electron chi connectivity index (χ3n) is 3.17. The Bertz CT molecular complexity index is 554. The highest BCUT2D eigenvalue weighted by Gasteiger charge is 2.05. The van der Waals surface area contributed by atoms with E-state index in [1.54, 1.807) is 12.1 Å². The zero-order valence-electron chi connectivity index (χ0n) is 11.4. The van der Waals surface area contributed by atoms with Crippen molar-refractivity contribution in [1.29, 1.82) is 0 Å². The second kappa shape index (κ2) is 6.65. The number of carbonyl (C=O) groups excluding carboxylic acids is 1. The maximum atomic E-state index is 10.9. The molecular formula is C15H18N4O. The number of nitrogens with two attached hydrogens (primary N) is 1. The molecule has 0 aliphatic rings. The van der Waals surface area contributed by atoms with Gasteiger partial charge in [0.25, 0.3) is 5.91 Å². The minimum atomic E-state index is -0.568. The zero-order chi connectivity index (χ0) is 14.4. The number of carbonyl (C=O) groups is 1. The first-order valence-corrected chi connectivity index (χ1v) is 6.59. The van der Waals surface area contributed by atoms with Crippen LogP contribution in [0.1, 0.15) is 35.3 Å². The monoisotopic (exact) mass is 270 g/mol. The lowest BCUT2D eigenvalue weighted by Gasteiger charge is -2.12. The minimum Gasteiger partial charge on any atom is -0.369 e. The number of amides is 1. The largest absolute Gasteiger partial charge is 0.369 e. The Morgan fingerprint density at radius 2 is 1.95 bits per heavy atom. The average molecular weight is 270 g/mol. The van der Waals surface area contributed by atoms with E-state index in [1.165, 1.54) is 5.56 Å². The van der Waals surface area contributed by atoms with Crippen molar-refractivity contribution in [2.45, 2.75) is 19.3 Å². The summed E-state index contributed by atoms with van der Waals surface area (Å²) in [6.45, 7) is 2.99. The van der Waals surface area contributed by atoms with Gasteiger partial charge in [0.15, 0.2) is 5.69 Å². The van der Waals surface area contributed by atoms with Gasteiger partial charge in [-0.25, -0.2) is 0 Å². The van der Waals surface area contributed by atoms with Crippen LogP contribution < -0.4 is 11.1 Å². The summed E-state index contributed by atoms with van der Waals surface area (Å²) in [4.78, 5) is 10.9. The number of rotatable bonds is 6. The van der Waals surface area contributed by atoms with Gasteiger partial charge in [0.05, 0.1) is 0 Å². The molecule has 0 aliphatic heterocycles. The van der Waals surface area contributed by atoms with Crippen LogP contribution in [0.25, 0.3) is 0 Å². The molecule has 3 N–H and O–H groups in total. The maximum Gasteiger partial charge on any atom is 0.269 e. The summed E-state index contributed by atoms with van der Waals surface area (Å²) in [6, 6.07) is 13.7. The molecule has 2 aromatic rings. The van der Waals surface area contributed by atoms with Crippen molar-refractivity contribution in [1.82, 2.24) is 10.2 Å². The molecule has 1 atom stereocenters.